The molecule has 3 aromatic rings. The lowest BCUT2D eigenvalue weighted by molar-refractivity contribution is -0.115. The van der Waals surface area contributed by atoms with E-state index in [-0.39, 0.29) is 18.4 Å². The zero-order chi connectivity index (χ0) is 17.8. The molecule has 2 aromatic heterocycles. The summed E-state index contributed by atoms with van der Waals surface area (Å²) in [5.41, 5.74) is 2.35. The van der Waals surface area contributed by atoms with E-state index in [0.717, 1.165) is 15.0 Å². The number of aryl methyl sites for hydroxylation is 1. The summed E-state index contributed by atoms with van der Waals surface area (Å²) < 4.78 is 0.931. The van der Waals surface area contributed by atoms with Crippen molar-refractivity contribution >= 4 is 56.1 Å². The molecule has 128 valence electrons. The first-order valence-electron chi connectivity index (χ1n) is 7.36. The van der Waals surface area contributed by atoms with Crippen molar-refractivity contribution in [3.8, 4) is 10.6 Å². The molecule has 0 fully saturated rings. The summed E-state index contributed by atoms with van der Waals surface area (Å²) in [6.07, 6.45) is 0. The van der Waals surface area contributed by atoms with Gasteiger partial charge in [0.25, 0.3) is 5.91 Å². The van der Waals surface area contributed by atoms with Crippen molar-refractivity contribution in [3.63, 3.8) is 0 Å². The predicted molar refractivity (Wildman–Crippen MR) is 105 cm³/mol. The van der Waals surface area contributed by atoms with Crippen LogP contribution in [0.25, 0.3) is 10.6 Å². The molecule has 0 saturated heterocycles. The molecule has 0 saturated carbocycles. The van der Waals surface area contributed by atoms with Crippen LogP contribution in [-0.2, 0) is 4.79 Å². The van der Waals surface area contributed by atoms with Gasteiger partial charge in [-0.2, -0.15) is 11.3 Å². The Morgan fingerprint density at radius 2 is 1.96 bits per heavy atom. The van der Waals surface area contributed by atoms with E-state index in [9.17, 15) is 9.59 Å². The van der Waals surface area contributed by atoms with E-state index in [1.54, 1.807) is 30.4 Å². The number of hydrogen-bond donors (Lipinski definition) is 2. The Balaban J connectivity index is 1.59. The number of aromatic nitrogens is 1. The van der Waals surface area contributed by atoms with E-state index < -0.39 is 0 Å². The highest BCUT2D eigenvalue weighted by Gasteiger charge is 2.17. The van der Waals surface area contributed by atoms with E-state index in [0.29, 0.717) is 16.3 Å². The molecule has 0 bridgehead atoms. The van der Waals surface area contributed by atoms with Crippen LogP contribution in [0.2, 0.25) is 0 Å². The maximum Gasteiger partial charge on any atom is 0.263 e. The second kappa shape index (κ2) is 7.90. The third-order valence-electron chi connectivity index (χ3n) is 3.31. The second-order valence-corrected chi connectivity index (χ2v) is 7.88. The van der Waals surface area contributed by atoms with E-state index in [4.69, 9.17) is 0 Å². The third kappa shape index (κ3) is 4.53. The number of carbonyl (C=O) groups is 2. The molecule has 2 heterocycles. The highest BCUT2D eigenvalue weighted by atomic mass is 79.9. The Hall–Kier alpha value is -2.03. The van der Waals surface area contributed by atoms with Crippen LogP contribution in [0.5, 0.6) is 0 Å². The van der Waals surface area contributed by atoms with Gasteiger partial charge < -0.3 is 10.6 Å². The molecule has 0 aliphatic carbocycles. The molecule has 8 heteroatoms. The van der Waals surface area contributed by atoms with Crippen LogP contribution in [0, 0.1) is 6.92 Å². The standard InChI is InChI=1S/C17H14BrN3O2S2/c1-10-15(25-17(20-10)11-6-7-24-9-11)16(23)19-8-14(22)21-13-4-2-12(18)3-5-13/h2-7,9H,8H2,1H3,(H,19,23)(H,21,22). The van der Waals surface area contributed by atoms with Crippen LogP contribution >= 0.6 is 38.6 Å². The fourth-order valence-electron chi connectivity index (χ4n) is 2.10. The molecule has 2 N–H and O–H groups in total. The van der Waals surface area contributed by atoms with Crippen LogP contribution < -0.4 is 10.6 Å². The molecule has 2 amide bonds. The third-order valence-corrected chi connectivity index (χ3v) is 5.73. The zero-order valence-corrected chi connectivity index (χ0v) is 16.4. The Morgan fingerprint density at radius 1 is 1.20 bits per heavy atom. The number of nitrogens with one attached hydrogen (secondary N) is 2. The van der Waals surface area contributed by atoms with Gasteiger partial charge in [0.15, 0.2) is 0 Å². The van der Waals surface area contributed by atoms with Crippen molar-refractivity contribution in [2.24, 2.45) is 0 Å². The van der Waals surface area contributed by atoms with Crippen LogP contribution in [0.4, 0.5) is 5.69 Å². The smallest absolute Gasteiger partial charge is 0.263 e. The van der Waals surface area contributed by atoms with Crippen LogP contribution in [0.1, 0.15) is 15.4 Å². The topological polar surface area (TPSA) is 71.1 Å². The molecule has 5 nitrogen and oxygen atoms in total. The van der Waals surface area contributed by atoms with Gasteiger partial charge in [-0.05, 0) is 42.6 Å². The lowest BCUT2D eigenvalue weighted by Gasteiger charge is -2.06. The predicted octanol–water partition coefficient (Wildman–Crippen LogP) is 4.31. The summed E-state index contributed by atoms with van der Waals surface area (Å²) in [5, 5.41) is 10.1. The van der Waals surface area contributed by atoms with Gasteiger partial charge in [-0.3, -0.25) is 9.59 Å². The van der Waals surface area contributed by atoms with E-state index in [1.165, 1.54) is 11.3 Å². The molecule has 0 aliphatic rings. The first-order chi connectivity index (χ1) is 12.0. The van der Waals surface area contributed by atoms with Gasteiger partial charge in [0, 0.05) is 21.1 Å². The number of benzene rings is 1. The molecule has 1 aromatic carbocycles. The summed E-state index contributed by atoms with van der Waals surface area (Å²) in [7, 11) is 0. The minimum atomic E-state index is -0.289. The molecule has 0 unspecified atom stereocenters. The number of thiazole rings is 1. The summed E-state index contributed by atoms with van der Waals surface area (Å²) in [6.45, 7) is 1.70. The molecular formula is C17H14BrN3O2S2. The number of halogens is 1. The minimum Gasteiger partial charge on any atom is -0.342 e. The zero-order valence-electron chi connectivity index (χ0n) is 13.2. The van der Waals surface area contributed by atoms with Crippen LogP contribution in [0.3, 0.4) is 0 Å². The second-order valence-electron chi connectivity index (χ2n) is 5.18. The van der Waals surface area contributed by atoms with Crippen molar-refractivity contribution in [1.29, 1.82) is 0 Å². The first-order valence-corrected chi connectivity index (χ1v) is 9.92. The summed E-state index contributed by atoms with van der Waals surface area (Å²) in [5.74, 6) is -0.571. The number of nitrogens with zero attached hydrogens (tertiary/aromatic N) is 1. The Labute approximate surface area is 161 Å². The van der Waals surface area contributed by atoms with Crippen molar-refractivity contribution in [3.05, 3.63) is 56.1 Å². The quantitative estimate of drug-likeness (QED) is 0.626. The van der Waals surface area contributed by atoms with Gasteiger partial charge in [-0.25, -0.2) is 4.98 Å². The number of amides is 2. The largest absolute Gasteiger partial charge is 0.342 e. The molecular weight excluding hydrogens is 422 g/mol. The maximum atomic E-state index is 12.3. The van der Waals surface area contributed by atoms with Gasteiger partial charge >= 0.3 is 0 Å². The van der Waals surface area contributed by atoms with E-state index in [1.807, 2.05) is 29.0 Å². The van der Waals surface area contributed by atoms with Crippen LogP contribution in [-0.4, -0.2) is 23.3 Å². The van der Waals surface area contributed by atoms with E-state index >= 15 is 0 Å². The fourth-order valence-corrected chi connectivity index (χ4v) is 4.05. The molecule has 0 spiro atoms. The average Bonchev–Trinajstić information content (AvgIpc) is 3.24. The van der Waals surface area contributed by atoms with Crippen molar-refractivity contribution < 1.29 is 9.59 Å². The van der Waals surface area contributed by atoms with Gasteiger partial charge in [0.05, 0.1) is 12.2 Å². The first kappa shape index (κ1) is 17.8. The number of rotatable bonds is 5. The lowest BCUT2D eigenvalue weighted by Crippen LogP contribution is -2.32. The van der Waals surface area contributed by atoms with Gasteiger partial charge in [0.1, 0.15) is 9.88 Å². The van der Waals surface area contributed by atoms with Crippen LogP contribution in [0.15, 0.2) is 45.6 Å². The highest BCUT2D eigenvalue weighted by molar-refractivity contribution is 9.10. The number of anilines is 1. The average molecular weight is 436 g/mol. The SMILES string of the molecule is Cc1nc(-c2ccsc2)sc1C(=O)NCC(=O)Nc1ccc(Br)cc1. The van der Waals surface area contributed by atoms with Gasteiger partial charge in [0.2, 0.25) is 5.91 Å². The molecule has 25 heavy (non-hydrogen) atoms. The van der Waals surface area contributed by atoms with Crippen molar-refractivity contribution in [2.45, 2.75) is 6.92 Å². The number of thiophene rings is 1. The highest BCUT2D eigenvalue weighted by Crippen LogP contribution is 2.29. The molecule has 0 aliphatic heterocycles. The normalized spacial score (nSPS) is 10.5. The van der Waals surface area contributed by atoms with E-state index in [2.05, 4.69) is 31.5 Å². The van der Waals surface area contributed by atoms with Gasteiger partial charge in [-0.1, -0.05) is 15.9 Å². The van der Waals surface area contributed by atoms with Crippen molar-refractivity contribution in [1.82, 2.24) is 10.3 Å². The fraction of sp³-hybridized carbons (Fsp3) is 0.118. The van der Waals surface area contributed by atoms with Gasteiger partial charge in [-0.15, -0.1) is 11.3 Å². The Kier molecular flexibility index (Phi) is 5.62. The summed E-state index contributed by atoms with van der Waals surface area (Å²) in [4.78, 5) is 29.2. The molecule has 0 radical (unpaired) electrons. The minimum absolute atomic E-state index is 0.0972. The number of hydrogen-bond acceptors (Lipinski definition) is 5. The Morgan fingerprint density at radius 3 is 2.64 bits per heavy atom. The Bertz CT molecular complexity index is 889. The monoisotopic (exact) mass is 435 g/mol. The molecule has 3 rings (SSSR count). The number of carbonyl (C=O) groups excluding carboxylic acids is 2. The molecule has 0 atom stereocenters. The summed E-state index contributed by atoms with van der Waals surface area (Å²) in [6, 6.07) is 9.20. The summed E-state index contributed by atoms with van der Waals surface area (Å²) >= 11 is 6.25. The lowest BCUT2D eigenvalue weighted by atomic mass is 10.3. The maximum absolute atomic E-state index is 12.3. The van der Waals surface area contributed by atoms with Crippen molar-refractivity contribution in [2.75, 3.05) is 11.9 Å².